The van der Waals surface area contributed by atoms with Crippen molar-refractivity contribution in [1.82, 2.24) is 0 Å². The SMILES string of the molecule is COc1ccc(C2CCC(C3CCC(C)CC3)CC2F)cc1F. The first-order chi connectivity index (χ1) is 11.1. The van der Waals surface area contributed by atoms with E-state index in [0.29, 0.717) is 18.3 Å². The highest BCUT2D eigenvalue weighted by Crippen LogP contribution is 2.45. The van der Waals surface area contributed by atoms with Crippen LogP contribution in [0, 0.1) is 23.6 Å². The van der Waals surface area contributed by atoms with E-state index < -0.39 is 6.17 Å². The molecule has 0 heterocycles. The van der Waals surface area contributed by atoms with Gasteiger partial charge in [-0.25, -0.2) is 8.78 Å². The number of alkyl halides is 1. The Bertz CT molecular complexity index is 522. The molecular weight excluding hydrogens is 294 g/mol. The lowest BCUT2D eigenvalue weighted by atomic mass is 9.68. The minimum atomic E-state index is -0.846. The largest absolute Gasteiger partial charge is 0.494 e. The van der Waals surface area contributed by atoms with Gasteiger partial charge < -0.3 is 4.74 Å². The molecule has 0 aromatic heterocycles. The third-order valence-electron chi connectivity index (χ3n) is 6.14. The summed E-state index contributed by atoms with van der Waals surface area (Å²) in [6, 6.07) is 4.90. The van der Waals surface area contributed by atoms with Crippen molar-refractivity contribution in [3.8, 4) is 5.75 Å². The van der Waals surface area contributed by atoms with E-state index in [9.17, 15) is 8.78 Å². The van der Waals surface area contributed by atoms with E-state index in [1.54, 1.807) is 6.07 Å². The summed E-state index contributed by atoms with van der Waals surface area (Å²) in [5.74, 6) is 1.75. The van der Waals surface area contributed by atoms with E-state index in [1.165, 1.54) is 38.9 Å². The maximum Gasteiger partial charge on any atom is 0.165 e. The lowest BCUT2D eigenvalue weighted by Crippen LogP contribution is -2.30. The molecule has 0 bridgehead atoms. The molecular formula is C20H28F2O. The maximum absolute atomic E-state index is 14.8. The van der Waals surface area contributed by atoms with Gasteiger partial charge in [0.25, 0.3) is 0 Å². The second-order valence-corrected chi connectivity index (χ2v) is 7.61. The average molecular weight is 322 g/mol. The molecule has 2 saturated carbocycles. The van der Waals surface area contributed by atoms with E-state index >= 15 is 0 Å². The van der Waals surface area contributed by atoms with Gasteiger partial charge in [0.1, 0.15) is 6.17 Å². The van der Waals surface area contributed by atoms with E-state index in [4.69, 9.17) is 4.74 Å². The molecule has 2 fully saturated rings. The highest BCUT2D eigenvalue weighted by Gasteiger charge is 2.36. The van der Waals surface area contributed by atoms with Gasteiger partial charge in [-0.1, -0.05) is 25.8 Å². The third kappa shape index (κ3) is 3.70. The van der Waals surface area contributed by atoms with Crippen LogP contribution in [-0.4, -0.2) is 13.3 Å². The number of benzene rings is 1. The lowest BCUT2D eigenvalue weighted by Gasteiger charge is -2.39. The number of rotatable bonds is 3. The Morgan fingerprint density at radius 2 is 1.70 bits per heavy atom. The van der Waals surface area contributed by atoms with Crippen LogP contribution < -0.4 is 4.74 Å². The van der Waals surface area contributed by atoms with Crippen LogP contribution in [0.1, 0.15) is 63.4 Å². The Morgan fingerprint density at radius 3 is 2.30 bits per heavy atom. The second kappa shape index (κ2) is 7.19. The summed E-state index contributed by atoms with van der Waals surface area (Å²) in [5.41, 5.74) is 0.784. The molecule has 3 heteroatoms. The average Bonchev–Trinajstić information content (AvgIpc) is 2.55. The third-order valence-corrected chi connectivity index (χ3v) is 6.14. The van der Waals surface area contributed by atoms with Gasteiger partial charge in [-0.3, -0.25) is 0 Å². The van der Waals surface area contributed by atoms with E-state index in [1.807, 2.05) is 6.07 Å². The zero-order valence-corrected chi connectivity index (χ0v) is 14.2. The Labute approximate surface area is 138 Å². The van der Waals surface area contributed by atoms with Crippen molar-refractivity contribution in [2.75, 3.05) is 7.11 Å². The van der Waals surface area contributed by atoms with Crippen LogP contribution >= 0.6 is 0 Å². The fraction of sp³-hybridized carbons (Fsp3) is 0.700. The summed E-state index contributed by atoms with van der Waals surface area (Å²) < 4.78 is 33.6. The van der Waals surface area contributed by atoms with Crippen LogP contribution in [0.25, 0.3) is 0 Å². The highest BCUT2D eigenvalue weighted by atomic mass is 19.1. The fourth-order valence-corrected chi connectivity index (χ4v) is 4.62. The maximum atomic E-state index is 14.8. The molecule has 3 unspecified atom stereocenters. The van der Waals surface area contributed by atoms with Gasteiger partial charge in [-0.15, -0.1) is 0 Å². The standard InChI is InChI=1S/C20H28F2O/c1-13-3-5-14(6-4-13)15-7-9-17(18(21)11-15)16-8-10-20(23-2)19(22)12-16/h8,10,12-15,17-18H,3-7,9,11H2,1-2H3. The van der Waals surface area contributed by atoms with Gasteiger partial charge in [-0.05, 0) is 67.6 Å². The molecule has 2 aliphatic rings. The van der Waals surface area contributed by atoms with Crippen LogP contribution in [0.4, 0.5) is 8.78 Å². The smallest absolute Gasteiger partial charge is 0.165 e. The predicted molar refractivity (Wildman–Crippen MR) is 89.1 cm³/mol. The number of halogens is 2. The van der Waals surface area contributed by atoms with Crippen LogP contribution in [0.5, 0.6) is 5.75 Å². The summed E-state index contributed by atoms with van der Waals surface area (Å²) in [5, 5.41) is 0. The quantitative estimate of drug-likeness (QED) is 0.675. The first-order valence-electron chi connectivity index (χ1n) is 9.06. The molecule has 0 N–H and O–H groups in total. The summed E-state index contributed by atoms with van der Waals surface area (Å²) in [6.45, 7) is 2.32. The van der Waals surface area contributed by atoms with Crippen LogP contribution in [0.15, 0.2) is 18.2 Å². The van der Waals surface area contributed by atoms with Crippen molar-refractivity contribution >= 4 is 0 Å². The highest BCUT2D eigenvalue weighted by molar-refractivity contribution is 5.32. The Kier molecular flexibility index (Phi) is 5.23. The molecule has 1 aromatic carbocycles. The molecule has 128 valence electrons. The van der Waals surface area contributed by atoms with Gasteiger partial charge >= 0.3 is 0 Å². The summed E-state index contributed by atoms with van der Waals surface area (Å²) in [6.07, 6.45) is 6.84. The number of hydrogen-bond donors (Lipinski definition) is 0. The molecule has 3 atom stereocenters. The van der Waals surface area contributed by atoms with Crippen LogP contribution in [-0.2, 0) is 0 Å². The van der Waals surface area contributed by atoms with Crippen molar-refractivity contribution in [2.45, 2.75) is 64.0 Å². The van der Waals surface area contributed by atoms with Crippen molar-refractivity contribution in [3.63, 3.8) is 0 Å². The van der Waals surface area contributed by atoms with Crippen molar-refractivity contribution in [2.24, 2.45) is 17.8 Å². The van der Waals surface area contributed by atoms with Crippen LogP contribution in [0.3, 0.4) is 0 Å². The molecule has 3 rings (SSSR count). The molecule has 0 amide bonds. The molecule has 0 aliphatic heterocycles. The van der Waals surface area contributed by atoms with Gasteiger partial charge in [0, 0.05) is 5.92 Å². The Balaban J connectivity index is 1.63. The Hall–Kier alpha value is -1.12. The van der Waals surface area contributed by atoms with Gasteiger partial charge in [-0.2, -0.15) is 0 Å². The molecule has 0 radical (unpaired) electrons. The van der Waals surface area contributed by atoms with Crippen molar-refractivity contribution in [3.05, 3.63) is 29.6 Å². The zero-order valence-electron chi connectivity index (χ0n) is 14.2. The second-order valence-electron chi connectivity index (χ2n) is 7.61. The van der Waals surface area contributed by atoms with Gasteiger partial charge in [0.2, 0.25) is 0 Å². The van der Waals surface area contributed by atoms with Crippen molar-refractivity contribution < 1.29 is 13.5 Å². The molecule has 1 nitrogen and oxygen atoms in total. The van der Waals surface area contributed by atoms with E-state index in [-0.39, 0.29) is 17.5 Å². The fourth-order valence-electron chi connectivity index (χ4n) is 4.62. The normalized spacial score (nSPS) is 35.0. The molecule has 0 saturated heterocycles. The summed E-state index contributed by atoms with van der Waals surface area (Å²) >= 11 is 0. The minimum Gasteiger partial charge on any atom is -0.494 e. The first kappa shape index (κ1) is 16.7. The predicted octanol–water partition coefficient (Wildman–Crippen LogP) is 5.88. The summed E-state index contributed by atoms with van der Waals surface area (Å²) in [4.78, 5) is 0. The topological polar surface area (TPSA) is 9.23 Å². The van der Waals surface area contributed by atoms with Gasteiger partial charge in [0.15, 0.2) is 11.6 Å². The lowest BCUT2D eigenvalue weighted by molar-refractivity contribution is 0.105. The van der Waals surface area contributed by atoms with E-state index in [2.05, 4.69) is 6.92 Å². The number of ether oxygens (including phenoxy) is 1. The molecule has 23 heavy (non-hydrogen) atoms. The first-order valence-corrected chi connectivity index (χ1v) is 9.06. The number of methoxy groups -OCH3 is 1. The Morgan fingerprint density at radius 1 is 1.00 bits per heavy atom. The zero-order chi connectivity index (χ0) is 16.4. The van der Waals surface area contributed by atoms with Gasteiger partial charge in [0.05, 0.1) is 7.11 Å². The molecule has 1 aromatic rings. The van der Waals surface area contributed by atoms with Crippen LogP contribution in [0.2, 0.25) is 0 Å². The van der Waals surface area contributed by atoms with Crippen molar-refractivity contribution in [1.29, 1.82) is 0 Å². The summed E-state index contributed by atoms with van der Waals surface area (Å²) in [7, 11) is 1.45. The molecule has 0 spiro atoms. The van der Waals surface area contributed by atoms with E-state index in [0.717, 1.165) is 24.3 Å². The minimum absolute atomic E-state index is 0.158. The number of hydrogen-bond acceptors (Lipinski definition) is 1. The molecule has 2 aliphatic carbocycles. The monoisotopic (exact) mass is 322 g/mol.